The van der Waals surface area contributed by atoms with Crippen molar-refractivity contribution in [2.75, 3.05) is 6.61 Å². The molecule has 0 saturated carbocycles. The number of hydrogen-bond donors (Lipinski definition) is 0. The Kier molecular flexibility index (Phi) is 6.14. The number of rotatable bonds is 7. The van der Waals surface area contributed by atoms with Gasteiger partial charge in [-0.3, -0.25) is 10.1 Å². The van der Waals surface area contributed by atoms with Crippen molar-refractivity contribution in [3.63, 3.8) is 0 Å². The van der Waals surface area contributed by atoms with E-state index in [1.807, 2.05) is 0 Å². The number of hydrogen-bond acceptors (Lipinski definition) is 4. The fourth-order valence-electron chi connectivity index (χ4n) is 2.00. The van der Waals surface area contributed by atoms with Gasteiger partial charge in [0.2, 0.25) is 6.20 Å². The molecule has 0 aliphatic carbocycles. The van der Waals surface area contributed by atoms with Gasteiger partial charge in [-0.1, -0.05) is 29.8 Å². The third-order valence-electron chi connectivity index (χ3n) is 3.05. The average Bonchev–Trinajstić information content (AvgIpc) is 2.54. The molecule has 126 valence electrons. The topological polar surface area (TPSA) is 61.6 Å². The van der Waals surface area contributed by atoms with Crippen LogP contribution in [0.25, 0.3) is 6.08 Å². The first-order chi connectivity index (χ1) is 11.5. The summed E-state index contributed by atoms with van der Waals surface area (Å²) < 4.78 is 24.8. The van der Waals surface area contributed by atoms with Gasteiger partial charge in [-0.05, 0) is 30.7 Å². The van der Waals surface area contributed by atoms with Crippen molar-refractivity contribution in [3.05, 3.63) is 74.7 Å². The van der Waals surface area contributed by atoms with E-state index in [4.69, 9.17) is 21.1 Å². The maximum absolute atomic E-state index is 13.7. The van der Waals surface area contributed by atoms with Gasteiger partial charge in [0.05, 0.1) is 16.6 Å². The minimum atomic E-state index is -0.573. The Morgan fingerprint density at radius 3 is 2.71 bits per heavy atom. The third-order valence-corrected chi connectivity index (χ3v) is 3.33. The van der Waals surface area contributed by atoms with Crippen LogP contribution in [0.5, 0.6) is 11.5 Å². The largest absolute Gasteiger partial charge is 0.490 e. The second-order valence-electron chi connectivity index (χ2n) is 4.74. The molecule has 0 spiro atoms. The lowest BCUT2D eigenvalue weighted by molar-refractivity contribution is -0.400. The highest BCUT2D eigenvalue weighted by atomic mass is 35.5. The summed E-state index contributed by atoms with van der Waals surface area (Å²) in [5.74, 6) is 0.224. The predicted octanol–water partition coefficient (Wildman–Crippen LogP) is 4.70. The molecule has 0 bridgehead atoms. The lowest BCUT2D eigenvalue weighted by atomic mass is 10.2. The summed E-state index contributed by atoms with van der Waals surface area (Å²) in [4.78, 5) is 9.85. The quantitative estimate of drug-likeness (QED) is 0.535. The maximum atomic E-state index is 13.7. The van der Waals surface area contributed by atoms with Gasteiger partial charge in [0.1, 0.15) is 12.4 Å². The van der Waals surface area contributed by atoms with E-state index >= 15 is 0 Å². The molecular formula is C17H15ClFNO4. The molecule has 7 heteroatoms. The van der Waals surface area contributed by atoms with Crippen LogP contribution < -0.4 is 9.47 Å². The lowest BCUT2D eigenvalue weighted by Gasteiger charge is -2.14. The Labute approximate surface area is 143 Å². The van der Waals surface area contributed by atoms with Crippen molar-refractivity contribution in [3.8, 4) is 11.5 Å². The molecule has 2 aromatic carbocycles. The normalized spacial score (nSPS) is 10.8. The number of nitro groups is 1. The first-order valence-corrected chi connectivity index (χ1v) is 7.53. The molecule has 2 aromatic rings. The lowest BCUT2D eigenvalue weighted by Crippen LogP contribution is -2.02. The number of nitrogens with zero attached hydrogens (tertiary/aromatic N) is 1. The highest BCUT2D eigenvalue weighted by Gasteiger charge is 2.13. The van der Waals surface area contributed by atoms with Crippen LogP contribution in [0.15, 0.2) is 42.6 Å². The molecule has 0 heterocycles. The molecular weight excluding hydrogens is 337 g/mol. The van der Waals surface area contributed by atoms with Crippen molar-refractivity contribution in [2.24, 2.45) is 0 Å². The molecule has 0 aliphatic rings. The second-order valence-corrected chi connectivity index (χ2v) is 5.15. The third kappa shape index (κ3) is 4.70. The fraction of sp³-hybridized carbons (Fsp3) is 0.176. The number of benzene rings is 2. The predicted molar refractivity (Wildman–Crippen MR) is 89.4 cm³/mol. The molecule has 0 fully saturated rings. The summed E-state index contributed by atoms with van der Waals surface area (Å²) >= 11 is 6.19. The minimum absolute atomic E-state index is 0.0173. The van der Waals surface area contributed by atoms with Gasteiger partial charge in [0.15, 0.2) is 11.5 Å². The zero-order valence-corrected chi connectivity index (χ0v) is 13.6. The molecule has 0 amide bonds. The van der Waals surface area contributed by atoms with Crippen LogP contribution >= 0.6 is 11.6 Å². The Bertz CT molecular complexity index is 764. The van der Waals surface area contributed by atoms with Crippen molar-refractivity contribution >= 4 is 17.7 Å². The Balaban J connectivity index is 2.27. The van der Waals surface area contributed by atoms with Gasteiger partial charge < -0.3 is 9.47 Å². The maximum Gasteiger partial charge on any atom is 0.235 e. The molecule has 0 aromatic heterocycles. The summed E-state index contributed by atoms with van der Waals surface area (Å²) in [6.07, 6.45) is 2.11. The molecule has 24 heavy (non-hydrogen) atoms. The van der Waals surface area contributed by atoms with E-state index in [1.165, 1.54) is 18.2 Å². The molecule has 0 aliphatic heterocycles. The average molecular weight is 352 g/mol. The van der Waals surface area contributed by atoms with Gasteiger partial charge >= 0.3 is 0 Å². The van der Waals surface area contributed by atoms with Crippen molar-refractivity contribution in [1.82, 2.24) is 0 Å². The monoisotopic (exact) mass is 351 g/mol. The second kappa shape index (κ2) is 8.31. The van der Waals surface area contributed by atoms with Gasteiger partial charge in [-0.25, -0.2) is 4.39 Å². The fourth-order valence-corrected chi connectivity index (χ4v) is 2.27. The van der Waals surface area contributed by atoms with E-state index in [-0.39, 0.29) is 23.2 Å². The summed E-state index contributed by atoms with van der Waals surface area (Å²) in [7, 11) is 0. The van der Waals surface area contributed by atoms with Crippen molar-refractivity contribution in [2.45, 2.75) is 13.5 Å². The Morgan fingerprint density at radius 1 is 1.29 bits per heavy atom. The highest BCUT2D eigenvalue weighted by molar-refractivity contribution is 6.32. The Hall–Kier alpha value is -2.60. The summed E-state index contributed by atoms with van der Waals surface area (Å²) in [5.41, 5.74) is 0.881. The van der Waals surface area contributed by atoms with E-state index in [2.05, 4.69) is 0 Å². The van der Waals surface area contributed by atoms with Crippen molar-refractivity contribution in [1.29, 1.82) is 0 Å². The molecule has 0 saturated heterocycles. The smallest absolute Gasteiger partial charge is 0.235 e. The molecule has 0 N–H and O–H groups in total. The molecule has 0 unspecified atom stereocenters. The summed E-state index contributed by atoms with van der Waals surface area (Å²) in [6.45, 7) is 2.12. The molecule has 5 nitrogen and oxygen atoms in total. The van der Waals surface area contributed by atoms with Crippen LogP contribution in [0.2, 0.25) is 5.02 Å². The van der Waals surface area contributed by atoms with Gasteiger partial charge in [-0.15, -0.1) is 0 Å². The van der Waals surface area contributed by atoms with Crippen LogP contribution in [0, 0.1) is 15.9 Å². The minimum Gasteiger partial charge on any atom is -0.490 e. The summed E-state index contributed by atoms with van der Waals surface area (Å²) in [6, 6.07) is 9.34. The van der Waals surface area contributed by atoms with E-state index in [0.29, 0.717) is 23.5 Å². The van der Waals surface area contributed by atoms with Gasteiger partial charge in [0.25, 0.3) is 0 Å². The molecule has 0 radical (unpaired) electrons. The van der Waals surface area contributed by atoms with Crippen LogP contribution in [0.4, 0.5) is 4.39 Å². The van der Waals surface area contributed by atoms with Crippen molar-refractivity contribution < 1.29 is 18.8 Å². The van der Waals surface area contributed by atoms with Crippen LogP contribution in [0.3, 0.4) is 0 Å². The zero-order chi connectivity index (χ0) is 17.5. The Morgan fingerprint density at radius 2 is 2.04 bits per heavy atom. The standard InChI is InChI=1S/C17H15ClFNO4/c1-2-23-16-10-12(7-8-20(21)22)9-14(18)17(16)24-11-13-5-3-4-6-15(13)19/h3-10H,2,11H2,1H3. The number of ether oxygens (including phenoxy) is 2. The summed E-state index contributed by atoms with van der Waals surface area (Å²) in [5, 5.41) is 10.6. The van der Waals surface area contributed by atoms with Crippen LogP contribution in [-0.2, 0) is 6.61 Å². The van der Waals surface area contributed by atoms with Crippen LogP contribution in [0.1, 0.15) is 18.1 Å². The van der Waals surface area contributed by atoms with E-state index in [9.17, 15) is 14.5 Å². The van der Waals surface area contributed by atoms with Gasteiger partial charge in [-0.2, -0.15) is 0 Å². The zero-order valence-electron chi connectivity index (χ0n) is 12.9. The first-order valence-electron chi connectivity index (χ1n) is 7.15. The molecule has 2 rings (SSSR count). The van der Waals surface area contributed by atoms with E-state index in [1.54, 1.807) is 31.2 Å². The first kappa shape index (κ1) is 17.7. The number of halogens is 2. The van der Waals surface area contributed by atoms with E-state index in [0.717, 1.165) is 6.20 Å². The van der Waals surface area contributed by atoms with Gasteiger partial charge in [0, 0.05) is 11.6 Å². The van der Waals surface area contributed by atoms with E-state index < -0.39 is 4.92 Å². The SMILES string of the molecule is CCOc1cc(C=C[N+](=O)[O-])cc(Cl)c1OCc1ccccc1F. The molecule has 0 atom stereocenters. The van der Waals surface area contributed by atoms with Crippen LogP contribution in [-0.4, -0.2) is 11.5 Å². The highest BCUT2D eigenvalue weighted by Crippen LogP contribution is 2.37.